The van der Waals surface area contributed by atoms with Crippen molar-refractivity contribution >= 4 is 31.3 Å². The molecule has 0 N–H and O–H groups in total. The Labute approximate surface area is 76.6 Å². The van der Waals surface area contributed by atoms with Gasteiger partial charge in [-0.05, 0) is 12.8 Å². The van der Waals surface area contributed by atoms with Crippen LogP contribution in [0.4, 0.5) is 0 Å². The maximum absolute atomic E-state index is 10.7. The molecular weight excluding hydrogens is 207 g/mol. The fraction of sp³-hybridized carbons (Fsp3) is 0.667. The molecular formula is C6H10Cl2O2S. The molecule has 11 heavy (non-hydrogen) atoms. The Bertz CT molecular complexity index is 211. The molecule has 0 aliphatic heterocycles. The van der Waals surface area contributed by atoms with Gasteiger partial charge in [-0.2, -0.15) is 0 Å². The molecule has 0 aromatic rings. The van der Waals surface area contributed by atoms with Crippen LogP contribution in [0.2, 0.25) is 0 Å². The van der Waals surface area contributed by atoms with Crippen LogP contribution in [0.15, 0.2) is 12.7 Å². The monoisotopic (exact) mass is 216 g/mol. The van der Waals surface area contributed by atoms with Crippen molar-refractivity contribution in [3.63, 3.8) is 0 Å². The van der Waals surface area contributed by atoms with Gasteiger partial charge in [0.1, 0.15) is 0 Å². The van der Waals surface area contributed by atoms with Crippen LogP contribution in [0.3, 0.4) is 0 Å². The van der Waals surface area contributed by atoms with Crippen molar-refractivity contribution in [2.45, 2.75) is 18.1 Å². The van der Waals surface area contributed by atoms with Gasteiger partial charge in [0.05, 0.1) is 5.25 Å². The van der Waals surface area contributed by atoms with Crippen molar-refractivity contribution in [3.8, 4) is 0 Å². The Morgan fingerprint density at radius 2 is 2.09 bits per heavy atom. The second-order valence-corrected chi connectivity index (χ2v) is 5.31. The van der Waals surface area contributed by atoms with Crippen molar-refractivity contribution in [3.05, 3.63) is 12.7 Å². The summed E-state index contributed by atoms with van der Waals surface area (Å²) in [6.45, 7) is 3.37. The summed E-state index contributed by atoms with van der Waals surface area (Å²) in [6, 6.07) is 0. The summed E-state index contributed by atoms with van der Waals surface area (Å²) in [5.41, 5.74) is 0. The Morgan fingerprint density at radius 1 is 1.55 bits per heavy atom. The van der Waals surface area contributed by atoms with E-state index in [9.17, 15) is 8.42 Å². The molecule has 0 amide bonds. The van der Waals surface area contributed by atoms with E-state index in [1.807, 2.05) is 0 Å². The Morgan fingerprint density at radius 3 is 2.36 bits per heavy atom. The van der Waals surface area contributed by atoms with Gasteiger partial charge in [0, 0.05) is 16.6 Å². The van der Waals surface area contributed by atoms with Gasteiger partial charge in [0.25, 0.3) is 0 Å². The molecule has 0 rings (SSSR count). The minimum Gasteiger partial charge on any atom is -0.212 e. The van der Waals surface area contributed by atoms with E-state index >= 15 is 0 Å². The van der Waals surface area contributed by atoms with Crippen LogP contribution < -0.4 is 0 Å². The third-order valence-corrected chi connectivity index (χ3v) is 3.35. The maximum atomic E-state index is 10.7. The highest BCUT2D eigenvalue weighted by Gasteiger charge is 2.18. The smallest absolute Gasteiger partial charge is 0.212 e. The van der Waals surface area contributed by atoms with Crippen molar-refractivity contribution in [1.82, 2.24) is 0 Å². The van der Waals surface area contributed by atoms with E-state index < -0.39 is 14.3 Å². The normalized spacial score (nSPS) is 14.4. The van der Waals surface area contributed by atoms with Crippen LogP contribution in [-0.4, -0.2) is 19.5 Å². The van der Waals surface area contributed by atoms with Crippen LogP contribution in [-0.2, 0) is 9.05 Å². The van der Waals surface area contributed by atoms with E-state index in [1.54, 1.807) is 0 Å². The van der Waals surface area contributed by atoms with Crippen LogP contribution in [0, 0.1) is 0 Å². The third kappa shape index (κ3) is 4.67. The van der Waals surface area contributed by atoms with E-state index in [2.05, 4.69) is 6.58 Å². The van der Waals surface area contributed by atoms with Gasteiger partial charge in [-0.3, -0.25) is 0 Å². The van der Waals surface area contributed by atoms with E-state index in [-0.39, 0.29) is 0 Å². The van der Waals surface area contributed by atoms with Crippen LogP contribution >= 0.6 is 22.3 Å². The third-order valence-electron chi connectivity index (χ3n) is 1.25. The number of hydrogen-bond acceptors (Lipinski definition) is 2. The molecule has 0 aromatic heterocycles. The molecule has 0 bridgehead atoms. The summed E-state index contributed by atoms with van der Waals surface area (Å²) in [6.07, 6.45) is 2.40. The lowest BCUT2D eigenvalue weighted by Crippen LogP contribution is -2.12. The first-order chi connectivity index (χ1) is 5.02. The van der Waals surface area contributed by atoms with Gasteiger partial charge in [-0.15, -0.1) is 18.2 Å². The van der Waals surface area contributed by atoms with Gasteiger partial charge in [-0.1, -0.05) is 6.08 Å². The summed E-state index contributed by atoms with van der Waals surface area (Å²) in [4.78, 5) is 0. The number of alkyl halides is 1. The van der Waals surface area contributed by atoms with Crippen molar-refractivity contribution in [2.24, 2.45) is 0 Å². The second kappa shape index (κ2) is 5.01. The average Bonchev–Trinajstić information content (AvgIpc) is 1.87. The Balaban J connectivity index is 4.08. The molecule has 0 radical (unpaired) electrons. The molecule has 1 atom stereocenters. The molecule has 0 aromatic carbocycles. The zero-order valence-corrected chi connectivity index (χ0v) is 8.29. The molecule has 0 aliphatic rings. The molecule has 0 fully saturated rings. The summed E-state index contributed by atoms with van der Waals surface area (Å²) in [7, 11) is 1.60. The van der Waals surface area contributed by atoms with Crippen LogP contribution in [0.5, 0.6) is 0 Å². The van der Waals surface area contributed by atoms with E-state index in [0.29, 0.717) is 18.7 Å². The molecule has 0 saturated heterocycles. The van der Waals surface area contributed by atoms with Gasteiger partial charge >= 0.3 is 0 Å². The summed E-state index contributed by atoms with van der Waals surface area (Å²) >= 11 is 5.38. The van der Waals surface area contributed by atoms with Gasteiger partial charge in [0.2, 0.25) is 9.05 Å². The molecule has 0 aliphatic carbocycles. The van der Waals surface area contributed by atoms with Gasteiger partial charge < -0.3 is 0 Å². The number of halogens is 2. The predicted octanol–water partition coefficient (Wildman–Crippen LogP) is 2.13. The highest BCUT2D eigenvalue weighted by atomic mass is 35.7. The number of rotatable bonds is 5. The average molecular weight is 217 g/mol. The fourth-order valence-corrected chi connectivity index (χ4v) is 1.97. The first-order valence-electron chi connectivity index (χ1n) is 3.14. The summed E-state index contributed by atoms with van der Waals surface area (Å²) in [5, 5.41) is -0.664. The highest BCUT2D eigenvalue weighted by Crippen LogP contribution is 2.14. The van der Waals surface area contributed by atoms with Crippen molar-refractivity contribution in [1.29, 1.82) is 0 Å². The lowest BCUT2D eigenvalue weighted by molar-refractivity contribution is 0.597. The predicted molar refractivity (Wildman–Crippen MR) is 48.7 cm³/mol. The Hall–Kier alpha value is 0.270. The molecule has 0 saturated carbocycles. The van der Waals surface area contributed by atoms with Crippen LogP contribution in [0.1, 0.15) is 12.8 Å². The summed E-state index contributed by atoms with van der Waals surface area (Å²) in [5.74, 6) is 0.441. The van der Waals surface area contributed by atoms with Gasteiger partial charge in [0.15, 0.2) is 0 Å². The topological polar surface area (TPSA) is 34.1 Å². The molecule has 0 heterocycles. The maximum Gasteiger partial charge on any atom is 0.239 e. The molecule has 66 valence electrons. The zero-order valence-electron chi connectivity index (χ0n) is 5.96. The molecule has 0 spiro atoms. The second-order valence-electron chi connectivity index (χ2n) is 2.08. The fourth-order valence-electron chi connectivity index (χ4n) is 0.652. The first-order valence-corrected chi connectivity index (χ1v) is 6.05. The van der Waals surface area contributed by atoms with Crippen molar-refractivity contribution in [2.75, 3.05) is 5.88 Å². The lowest BCUT2D eigenvalue weighted by atomic mass is 10.2. The van der Waals surface area contributed by atoms with Gasteiger partial charge in [-0.25, -0.2) is 8.42 Å². The quantitative estimate of drug-likeness (QED) is 0.401. The highest BCUT2D eigenvalue weighted by molar-refractivity contribution is 8.14. The Kier molecular flexibility index (Phi) is 5.13. The molecule has 2 nitrogen and oxygen atoms in total. The first kappa shape index (κ1) is 11.3. The lowest BCUT2D eigenvalue weighted by Gasteiger charge is -2.05. The zero-order chi connectivity index (χ0) is 8.91. The largest absolute Gasteiger partial charge is 0.239 e. The summed E-state index contributed by atoms with van der Waals surface area (Å²) < 4.78 is 21.4. The van der Waals surface area contributed by atoms with E-state index in [1.165, 1.54) is 6.08 Å². The van der Waals surface area contributed by atoms with Crippen LogP contribution in [0.25, 0.3) is 0 Å². The minimum absolute atomic E-state index is 0.441. The number of hydrogen-bond donors (Lipinski definition) is 0. The van der Waals surface area contributed by atoms with E-state index in [4.69, 9.17) is 22.3 Å². The molecule has 1 unspecified atom stereocenters. The van der Waals surface area contributed by atoms with E-state index in [0.717, 1.165) is 0 Å². The van der Waals surface area contributed by atoms with Crippen molar-refractivity contribution < 1.29 is 8.42 Å². The molecule has 5 heteroatoms. The standard InChI is InChI=1S/C6H10Cl2O2S/c1-2-6(4-3-5-7)11(8,9)10/h2,6H,1,3-5H2. The SMILES string of the molecule is C=CC(CCCCl)S(=O)(=O)Cl. The minimum atomic E-state index is -3.49.